The smallest absolute Gasteiger partial charge is 0.266 e. The number of imide groups is 1. The first-order valence-corrected chi connectivity index (χ1v) is 11.4. The predicted octanol–water partition coefficient (Wildman–Crippen LogP) is 4.66. The number of hydrogen-bond donors (Lipinski definition) is 0. The largest absolute Gasteiger partial charge is 0.337 e. The third-order valence-corrected chi connectivity index (χ3v) is 6.11. The number of halogens is 1. The van der Waals surface area contributed by atoms with E-state index in [4.69, 9.17) is 11.6 Å². The summed E-state index contributed by atoms with van der Waals surface area (Å²) in [6, 6.07) is 21.1. The zero-order valence-corrected chi connectivity index (χ0v) is 19.6. The molecule has 174 valence electrons. The van der Waals surface area contributed by atoms with Crippen molar-refractivity contribution in [3.8, 4) is 0 Å². The molecule has 7 nitrogen and oxygen atoms in total. The molecule has 1 aliphatic heterocycles. The van der Waals surface area contributed by atoms with Crippen LogP contribution in [-0.4, -0.2) is 39.4 Å². The van der Waals surface area contributed by atoms with Crippen LogP contribution in [0.5, 0.6) is 0 Å². The molecule has 1 aliphatic rings. The summed E-state index contributed by atoms with van der Waals surface area (Å²) in [6.07, 6.45) is 3.65. The van der Waals surface area contributed by atoms with E-state index in [1.54, 1.807) is 48.5 Å². The molecule has 1 aromatic heterocycles. The molecule has 4 aromatic rings. The maximum absolute atomic E-state index is 13.1. The maximum atomic E-state index is 13.1. The summed E-state index contributed by atoms with van der Waals surface area (Å²) in [5, 5.41) is 4.89. The van der Waals surface area contributed by atoms with E-state index in [2.05, 4.69) is 5.10 Å². The second-order valence-corrected chi connectivity index (χ2v) is 8.81. The average Bonchev–Trinajstić information content (AvgIpc) is 3.41. The topological polar surface area (TPSA) is 75.5 Å². The molecule has 0 saturated heterocycles. The Kier molecular flexibility index (Phi) is 5.93. The minimum absolute atomic E-state index is 0.208. The standard InChI is InChI=1S/C27H21ClN4O3/c1-30(15-19-14-29-31(17-19)16-18-5-3-2-4-6-18)25(33)20-7-12-23-24(13-20)27(35)32(26(23)34)22-10-8-21(28)9-11-22/h2-14,17H,15-16H2,1H3. The number of carbonyl (C=O) groups excluding carboxylic acids is 3. The van der Waals surface area contributed by atoms with Crippen molar-refractivity contribution in [1.29, 1.82) is 0 Å². The molecular formula is C27H21ClN4O3. The van der Waals surface area contributed by atoms with Gasteiger partial charge in [0.25, 0.3) is 17.7 Å². The molecule has 0 N–H and O–H groups in total. The molecule has 0 atom stereocenters. The van der Waals surface area contributed by atoms with Crippen molar-refractivity contribution in [2.24, 2.45) is 0 Å². The van der Waals surface area contributed by atoms with Gasteiger partial charge in [0.1, 0.15) is 0 Å². The van der Waals surface area contributed by atoms with E-state index in [1.807, 2.05) is 41.2 Å². The fraction of sp³-hybridized carbons (Fsp3) is 0.111. The number of carbonyl (C=O) groups is 3. The van der Waals surface area contributed by atoms with Crippen molar-refractivity contribution in [2.75, 3.05) is 11.9 Å². The Morgan fingerprint density at radius 2 is 1.63 bits per heavy atom. The van der Waals surface area contributed by atoms with Crippen molar-refractivity contribution < 1.29 is 14.4 Å². The van der Waals surface area contributed by atoms with Gasteiger partial charge in [-0.1, -0.05) is 41.9 Å². The molecule has 0 fully saturated rings. The van der Waals surface area contributed by atoms with Crippen molar-refractivity contribution in [1.82, 2.24) is 14.7 Å². The van der Waals surface area contributed by atoms with Gasteiger partial charge in [-0.3, -0.25) is 19.1 Å². The zero-order valence-electron chi connectivity index (χ0n) is 18.9. The lowest BCUT2D eigenvalue weighted by Crippen LogP contribution is -2.29. The van der Waals surface area contributed by atoms with Gasteiger partial charge >= 0.3 is 0 Å². The van der Waals surface area contributed by atoms with Crippen LogP contribution in [0.4, 0.5) is 5.69 Å². The zero-order chi connectivity index (χ0) is 24.5. The highest BCUT2D eigenvalue weighted by atomic mass is 35.5. The highest BCUT2D eigenvalue weighted by Crippen LogP contribution is 2.30. The van der Waals surface area contributed by atoms with Gasteiger partial charge in [0.15, 0.2) is 0 Å². The summed E-state index contributed by atoms with van der Waals surface area (Å²) in [4.78, 5) is 41.6. The van der Waals surface area contributed by atoms with E-state index >= 15 is 0 Å². The van der Waals surface area contributed by atoms with E-state index in [1.165, 1.54) is 12.1 Å². The van der Waals surface area contributed by atoms with Crippen molar-refractivity contribution in [3.63, 3.8) is 0 Å². The van der Waals surface area contributed by atoms with Crippen LogP contribution in [0.1, 0.15) is 42.2 Å². The van der Waals surface area contributed by atoms with Gasteiger partial charge < -0.3 is 4.90 Å². The summed E-state index contributed by atoms with van der Waals surface area (Å²) in [5.41, 5.74) is 3.26. The number of hydrogen-bond acceptors (Lipinski definition) is 4. The fourth-order valence-electron chi connectivity index (χ4n) is 4.11. The van der Waals surface area contributed by atoms with E-state index in [-0.39, 0.29) is 17.0 Å². The maximum Gasteiger partial charge on any atom is 0.266 e. The quantitative estimate of drug-likeness (QED) is 0.373. The number of anilines is 1. The lowest BCUT2D eigenvalue weighted by molar-refractivity contribution is 0.0784. The average molecular weight is 485 g/mol. The number of nitrogens with zero attached hydrogens (tertiary/aromatic N) is 4. The Balaban J connectivity index is 1.30. The van der Waals surface area contributed by atoms with Crippen molar-refractivity contribution in [3.05, 3.63) is 118 Å². The first kappa shape index (κ1) is 22.6. The van der Waals surface area contributed by atoms with Crippen LogP contribution in [-0.2, 0) is 13.1 Å². The van der Waals surface area contributed by atoms with Gasteiger partial charge in [-0.25, -0.2) is 4.90 Å². The molecule has 35 heavy (non-hydrogen) atoms. The molecule has 0 radical (unpaired) electrons. The molecule has 5 rings (SSSR count). The minimum atomic E-state index is -0.466. The van der Waals surface area contributed by atoms with Crippen LogP contribution in [0.2, 0.25) is 5.02 Å². The first-order chi connectivity index (χ1) is 16.9. The Bertz CT molecular complexity index is 1430. The molecule has 8 heteroatoms. The fourth-order valence-corrected chi connectivity index (χ4v) is 4.24. The number of aromatic nitrogens is 2. The molecule has 3 amide bonds. The van der Waals surface area contributed by atoms with Crippen molar-refractivity contribution in [2.45, 2.75) is 13.1 Å². The highest BCUT2D eigenvalue weighted by molar-refractivity contribution is 6.35. The predicted molar refractivity (Wildman–Crippen MR) is 133 cm³/mol. The SMILES string of the molecule is CN(Cc1cnn(Cc2ccccc2)c1)C(=O)c1ccc2c(c1)C(=O)N(c1ccc(Cl)cc1)C2=O. The van der Waals surface area contributed by atoms with E-state index in [0.29, 0.717) is 29.4 Å². The Hall–Kier alpha value is -4.23. The summed E-state index contributed by atoms with van der Waals surface area (Å²) < 4.78 is 1.83. The summed E-state index contributed by atoms with van der Waals surface area (Å²) in [7, 11) is 1.69. The molecular weight excluding hydrogens is 464 g/mol. The van der Waals surface area contributed by atoms with Gasteiger partial charge in [-0.2, -0.15) is 5.10 Å². The summed E-state index contributed by atoms with van der Waals surface area (Å²) in [6.45, 7) is 0.998. The first-order valence-electron chi connectivity index (χ1n) is 11.0. The third-order valence-electron chi connectivity index (χ3n) is 5.86. The number of amides is 3. The number of fused-ring (bicyclic) bond motifs is 1. The monoisotopic (exact) mass is 484 g/mol. The summed E-state index contributed by atoms with van der Waals surface area (Å²) in [5.74, 6) is -1.15. The third kappa shape index (κ3) is 4.46. The molecule has 0 saturated carbocycles. The van der Waals surface area contributed by atoms with Gasteiger partial charge in [-0.05, 0) is 48.0 Å². The lowest BCUT2D eigenvalue weighted by Gasteiger charge is -2.16. The minimum Gasteiger partial charge on any atom is -0.337 e. The van der Waals surface area contributed by atoms with Crippen LogP contribution in [0, 0.1) is 0 Å². The van der Waals surface area contributed by atoms with E-state index < -0.39 is 11.8 Å². The van der Waals surface area contributed by atoms with Gasteiger partial charge in [-0.15, -0.1) is 0 Å². The van der Waals surface area contributed by atoms with Gasteiger partial charge in [0.2, 0.25) is 0 Å². The molecule has 0 spiro atoms. The molecule has 0 unspecified atom stereocenters. The van der Waals surface area contributed by atoms with Crippen LogP contribution in [0.15, 0.2) is 85.2 Å². The number of rotatable bonds is 6. The second-order valence-electron chi connectivity index (χ2n) is 8.38. The Labute approximate surface area is 207 Å². The van der Waals surface area contributed by atoms with Crippen LogP contribution in [0.25, 0.3) is 0 Å². The number of benzene rings is 3. The molecule has 3 aromatic carbocycles. The van der Waals surface area contributed by atoms with Crippen molar-refractivity contribution >= 4 is 35.0 Å². The van der Waals surface area contributed by atoms with Gasteiger partial charge in [0.05, 0.1) is 29.6 Å². The van der Waals surface area contributed by atoms with Crippen LogP contribution in [0.3, 0.4) is 0 Å². The highest BCUT2D eigenvalue weighted by Gasteiger charge is 2.37. The lowest BCUT2D eigenvalue weighted by atomic mass is 10.0. The Morgan fingerprint density at radius 3 is 2.37 bits per heavy atom. The molecule has 2 heterocycles. The Morgan fingerprint density at radius 1 is 0.914 bits per heavy atom. The molecule has 0 bridgehead atoms. The van der Waals surface area contributed by atoms with E-state index in [9.17, 15) is 14.4 Å². The molecule has 0 aliphatic carbocycles. The van der Waals surface area contributed by atoms with E-state index in [0.717, 1.165) is 16.0 Å². The summed E-state index contributed by atoms with van der Waals surface area (Å²) >= 11 is 5.93. The van der Waals surface area contributed by atoms with Crippen LogP contribution >= 0.6 is 11.6 Å². The van der Waals surface area contributed by atoms with Crippen LogP contribution < -0.4 is 4.90 Å². The second kappa shape index (κ2) is 9.19. The normalized spacial score (nSPS) is 12.7. The van der Waals surface area contributed by atoms with Gasteiger partial charge in [0, 0.05) is 35.9 Å².